The average molecular weight is 671 g/mol. The van der Waals surface area contributed by atoms with Gasteiger partial charge < -0.3 is 33.2 Å². The summed E-state index contributed by atoms with van der Waals surface area (Å²) in [5.74, 6) is 0. The molecule has 280 valence electrons. The van der Waals surface area contributed by atoms with Crippen molar-refractivity contribution < 1.29 is 33.2 Å². The van der Waals surface area contributed by atoms with E-state index in [-0.39, 0.29) is 12.6 Å². The fraction of sp³-hybridized carbons (Fsp3) is 0.900. The molecule has 2 atom stereocenters. The molecule has 0 aliphatic rings. The summed E-state index contributed by atoms with van der Waals surface area (Å²) >= 11 is 0. The molecule has 47 heavy (non-hydrogen) atoms. The van der Waals surface area contributed by atoms with Gasteiger partial charge in [0.15, 0.2) is 25.2 Å². The minimum atomic E-state index is -0.553. The minimum Gasteiger partial charge on any atom is -0.352 e. The number of methoxy groups -OCH3 is 2. The summed E-state index contributed by atoms with van der Waals surface area (Å²) in [5.41, 5.74) is 0. The molecule has 0 saturated carbocycles. The molecule has 7 nitrogen and oxygen atoms in total. The van der Waals surface area contributed by atoms with E-state index in [1.807, 2.05) is 24.3 Å². The standard InChI is InChI=1S/C40H78O7/c1-7-11-15-19-23-33-43-39(44-34-24-20-16-12-8-2)31-27-29-37(41-5)47-38(42-6)30-28-32-40(45-35-25-21-17-13-9-3)46-36-26-22-18-14-10-4/h27-30,37-40H,7-26,31-36H2,1-6H3. The highest BCUT2D eigenvalue weighted by molar-refractivity contribution is 4.90. The van der Waals surface area contributed by atoms with E-state index in [0.29, 0.717) is 12.8 Å². The molecule has 0 aromatic rings. The molecule has 2 unspecified atom stereocenters. The molecule has 0 spiro atoms. The van der Waals surface area contributed by atoms with E-state index in [1.54, 1.807) is 14.2 Å². The van der Waals surface area contributed by atoms with E-state index in [9.17, 15) is 0 Å². The fourth-order valence-corrected chi connectivity index (χ4v) is 5.14. The third kappa shape index (κ3) is 32.2. The van der Waals surface area contributed by atoms with Gasteiger partial charge in [-0.2, -0.15) is 0 Å². The molecular formula is C40H78O7. The summed E-state index contributed by atoms with van der Waals surface area (Å²) in [4.78, 5) is 0. The predicted octanol–water partition coefficient (Wildman–Crippen LogP) is 11.4. The molecule has 0 radical (unpaired) electrons. The van der Waals surface area contributed by atoms with Crippen LogP contribution in [0.5, 0.6) is 0 Å². The molecule has 0 saturated heterocycles. The Hall–Kier alpha value is -0.800. The van der Waals surface area contributed by atoms with E-state index in [0.717, 1.165) is 52.1 Å². The van der Waals surface area contributed by atoms with Crippen LogP contribution in [0.25, 0.3) is 0 Å². The van der Waals surface area contributed by atoms with Gasteiger partial charge in [-0.1, -0.05) is 143 Å². The van der Waals surface area contributed by atoms with E-state index < -0.39 is 12.6 Å². The molecule has 0 bridgehead atoms. The first-order valence-corrected chi connectivity index (χ1v) is 19.7. The number of ether oxygens (including phenoxy) is 7. The van der Waals surface area contributed by atoms with Gasteiger partial charge in [-0.25, -0.2) is 0 Å². The average Bonchev–Trinajstić information content (AvgIpc) is 3.08. The largest absolute Gasteiger partial charge is 0.352 e. The first kappa shape index (κ1) is 46.2. The van der Waals surface area contributed by atoms with Gasteiger partial charge in [-0.3, -0.25) is 0 Å². The minimum absolute atomic E-state index is 0.255. The Kier molecular flexibility index (Phi) is 37.4. The van der Waals surface area contributed by atoms with Crippen molar-refractivity contribution in [1.82, 2.24) is 0 Å². The number of unbranched alkanes of at least 4 members (excludes halogenated alkanes) is 16. The van der Waals surface area contributed by atoms with Gasteiger partial charge >= 0.3 is 0 Å². The molecule has 0 aromatic carbocycles. The Bertz CT molecular complexity index is 570. The second kappa shape index (κ2) is 38.0. The molecule has 0 heterocycles. The zero-order valence-electron chi connectivity index (χ0n) is 31.9. The number of hydrogen-bond acceptors (Lipinski definition) is 7. The van der Waals surface area contributed by atoms with Gasteiger partial charge in [0, 0.05) is 53.5 Å². The molecule has 0 fully saturated rings. The molecule has 7 heteroatoms. The Labute approximate surface area is 291 Å². The summed E-state index contributed by atoms with van der Waals surface area (Å²) in [6, 6.07) is 0. The van der Waals surface area contributed by atoms with Crippen molar-refractivity contribution in [2.45, 2.75) is 194 Å². The van der Waals surface area contributed by atoms with Crippen molar-refractivity contribution in [3.8, 4) is 0 Å². The smallest absolute Gasteiger partial charge is 0.179 e. The maximum atomic E-state index is 6.13. The molecule has 0 N–H and O–H groups in total. The quantitative estimate of drug-likeness (QED) is 0.0368. The Morgan fingerprint density at radius 3 is 0.915 bits per heavy atom. The topological polar surface area (TPSA) is 64.6 Å². The predicted molar refractivity (Wildman–Crippen MR) is 197 cm³/mol. The van der Waals surface area contributed by atoms with Crippen LogP contribution in [0.4, 0.5) is 0 Å². The highest BCUT2D eigenvalue weighted by atomic mass is 16.8. The van der Waals surface area contributed by atoms with Crippen LogP contribution in [0.15, 0.2) is 24.3 Å². The number of hydrogen-bond donors (Lipinski definition) is 0. The van der Waals surface area contributed by atoms with Crippen molar-refractivity contribution >= 4 is 0 Å². The van der Waals surface area contributed by atoms with Crippen LogP contribution in [0.2, 0.25) is 0 Å². The highest BCUT2D eigenvalue weighted by Crippen LogP contribution is 2.13. The Morgan fingerprint density at radius 2 is 0.660 bits per heavy atom. The van der Waals surface area contributed by atoms with E-state index in [1.165, 1.54) is 103 Å². The maximum Gasteiger partial charge on any atom is 0.179 e. The Morgan fingerprint density at radius 1 is 0.383 bits per heavy atom. The normalized spacial score (nSPS) is 13.6. The third-order valence-corrected chi connectivity index (χ3v) is 8.18. The molecule has 0 aliphatic heterocycles. The van der Waals surface area contributed by atoms with Gasteiger partial charge in [0.1, 0.15) is 0 Å². The summed E-state index contributed by atoms with van der Waals surface area (Å²) in [7, 11) is 3.28. The third-order valence-electron chi connectivity index (χ3n) is 8.18. The van der Waals surface area contributed by atoms with E-state index >= 15 is 0 Å². The van der Waals surface area contributed by atoms with Gasteiger partial charge in [-0.15, -0.1) is 0 Å². The summed E-state index contributed by atoms with van der Waals surface area (Å²) in [5, 5.41) is 0. The van der Waals surface area contributed by atoms with E-state index in [2.05, 4.69) is 27.7 Å². The van der Waals surface area contributed by atoms with Crippen molar-refractivity contribution in [2.24, 2.45) is 0 Å². The van der Waals surface area contributed by atoms with E-state index in [4.69, 9.17) is 33.2 Å². The molecule has 0 aliphatic carbocycles. The zero-order valence-corrected chi connectivity index (χ0v) is 31.9. The van der Waals surface area contributed by atoms with Gasteiger partial charge in [0.2, 0.25) is 0 Å². The lowest BCUT2D eigenvalue weighted by atomic mass is 10.2. The lowest BCUT2D eigenvalue weighted by molar-refractivity contribution is -0.189. The fourth-order valence-electron chi connectivity index (χ4n) is 5.14. The zero-order chi connectivity index (χ0) is 34.5. The first-order chi connectivity index (χ1) is 23.1. The summed E-state index contributed by atoms with van der Waals surface area (Å²) in [6.45, 7) is 11.9. The van der Waals surface area contributed by atoms with Crippen LogP contribution in [0.3, 0.4) is 0 Å². The van der Waals surface area contributed by atoms with Gasteiger partial charge in [-0.05, 0) is 37.8 Å². The van der Waals surface area contributed by atoms with Crippen LogP contribution in [-0.2, 0) is 33.2 Å². The van der Waals surface area contributed by atoms with Crippen molar-refractivity contribution in [3.05, 3.63) is 24.3 Å². The first-order valence-electron chi connectivity index (χ1n) is 19.7. The van der Waals surface area contributed by atoms with Crippen LogP contribution in [0, 0.1) is 0 Å². The highest BCUT2D eigenvalue weighted by Gasteiger charge is 2.14. The Balaban J connectivity index is 4.88. The summed E-state index contributed by atoms with van der Waals surface area (Å²) in [6.07, 6.45) is 31.9. The van der Waals surface area contributed by atoms with Gasteiger partial charge in [0.25, 0.3) is 0 Å². The second-order valence-electron chi connectivity index (χ2n) is 12.7. The lowest BCUT2D eigenvalue weighted by Crippen LogP contribution is -2.23. The number of rotatable bonds is 38. The lowest BCUT2D eigenvalue weighted by Gasteiger charge is -2.20. The molecular weight excluding hydrogens is 592 g/mol. The molecule has 0 rings (SSSR count). The molecule has 0 amide bonds. The monoisotopic (exact) mass is 671 g/mol. The van der Waals surface area contributed by atoms with Crippen molar-refractivity contribution in [3.63, 3.8) is 0 Å². The van der Waals surface area contributed by atoms with Crippen LogP contribution >= 0.6 is 0 Å². The summed E-state index contributed by atoms with van der Waals surface area (Å²) < 4.78 is 41.8. The van der Waals surface area contributed by atoms with Crippen LogP contribution in [-0.4, -0.2) is 65.8 Å². The van der Waals surface area contributed by atoms with Crippen LogP contribution < -0.4 is 0 Å². The van der Waals surface area contributed by atoms with Crippen LogP contribution in [0.1, 0.15) is 169 Å². The van der Waals surface area contributed by atoms with Crippen molar-refractivity contribution in [1.29, 1.82) is 0 Å². The van der Waals surface area contributed by atoms with Gasteiger partial charge in [0.05, 0.1) is 0 Å². The van der Waals surface area contributed by atoms with Crippen molar-refractivity contribution in [2.75, 3.05) is 40.6 Å². The maximum absolute atomic E-state index is 6.13. The second-order valence-corrected chi connectivity index (χ2v) is 12.7. The molecule has 0 aromatic heterocycles. The SMILES string of the molecule is CCCCCCCOC(CC=CC(OC)OC(C=CCC(OCCCCCCC)OCCCCCCC)OC)OCCCCCCC.